The molecule has 1 N–H and O–H groups in total. The van der Waals surface area contributed by atoms with Crippen LogP contribution in [0.5, 0.6) is 0 Å². The zero-order valence-corrected chi connectivity index (χ0v) is 13.6. The van der Waals surface area contributed by atoms with Crippen LogP contribution in [-0.2, 0) is 6.42 Å². The Labute approximate surface area is 129 Å². The summed E-state index contributed by atoms with van der Waals surface area (Å²) in [6.45, 7) is 0. The van der Waals surface area contributed by atoms with Crippen LogP contribution in [0.25, 0.3) is 0 Å². The molecule has 0 aliphatic heterocycles. The van der Waals surface area contributed by atoms with Crippen molar-refractivity contribution in [2.75, 3.05) is 7.05 Å². The molecule has 0 amide bonds. The Morgan fingerprint density at radius 1 is 1.33 bits per heavy atom. The van der Waals surface area contributed by atoms with Gasteiger partial charge in [-0.05, 0) is 52.8 Å². The van der Waals surface area contributed by atoms with Gasteiger partial charge in [-0.15, -0.1) is 11.3 Å². The largest absolute Gasteiger partial charge is 0.313 e. The van der Waals surface area contributed by atoms with Crippen molar-refractivity contribution in [3.63, 3.8) is 0 Å². The van der Waals surface area contributed by atoms with E-state index in [1.165, 1.54) is 4.88 Å². The molecule has 1 atom stereocenters. The SMILES string of the molecule is CNC(Cc1cc(Br)cs1)c1cc(Cl)ccc1Cl. The maximum Gasteiger partial charge on any atom is 0.0454 e. The number of nitrogens with one attached hydrogen (secondary N) is 1. The van der Waals surface area contributed by atoms with Gasteiger partial charge < -0.3 is 5.32 Å². The highest BCUT2D eigenvalue weighted by molar-refractivity contribution is 9.10. The van der Waals surface area contributed by atoms with E-state index < -0.39 is 0 Å². The molecule has 1 heterocycles. The summed E-state index contributed by atoms with van der Waals surface area (Å²) in [6.07, 6.45) is 0.896. The average Bonchev–Trinajstić information content (AvgIpc) is 2.75. The lowest BCUT2D eigenvalue weighted by Gasteiger charge is -2.17. The molecule has 0 aliphatic rings. The summed E-state index contributed by atoms with van der Waals surface area (Å²) in [7, 11) is 1.94. The minimum atomic E-state index is 0.168. The summed E-state index contributed by atoms with van der Waals surface area (Å²) in [6, 6.07) is 7.87. The van der Waals surface area contributed by atoms with Crippen LogP contribution >= 0.6 is 50.5 Å². The Kier molecular flexibility index (Phi) is 5.10. The summed E-state index contributed by atoms with van der Waals surface area (Å²) in [5.74, 6) is 0. The van der Waals surface area contributed by atoms with Crippen molar-refractivity contribution in [1.82, 2.24) is 5.32 Å². The fraction of sp³-hybridized carbons (Fsp3) is 0.231. The van der Waals surface area contributed by atoms with Crippen molar-refractivity contribution in [1.29, 1.82) is 0 Å². The number of likely N-dealkylation sites (N-methyl/N-ethyl adjacent to an activating group) is 1. The van der Waals surface area contributed by atoms with Gasteiger partial charge in [-0.1, -0.05) is 23.2 Å². The van der Waals surface area contributed by atoms with E-state index in [1.54, 1.807) is 11.3 Å². The highest BCUT2D eigenvalue weighted by atomic mass is 79.9. The quantitative estimate of drug-likeness (QED) is 0.773. The molecule has 96 valence electrons. The van der Waals surface area contributed by atoms with Crippen molar-refractivity contribution in [2.24, 2.45) is 0 Å². The first-order valence-corrected chi connectivity index (χ1v) is 7.88. The molecule has 1 aromatic carbocycles. The first kappa shape index (κ1) is 14.4. The average molecular weight is 365 g/mol. The lowest BCUT2D eigenvalue weighted by Crippen LogP contribution is -2.18. The zero-order valence-electron chi connectivity index (χ0n) is 9.71. The summed E-state index contributed by atoms with van der Waals surface area (Å²) < 4.78 is 1.12. The van der Waals surface area contributed by atoms with Crippen molar-refractivity contribution >= 4 is 50.5 Å². The van der Waals surface area contributed by atoms with E-state index in [4.69, 9.17) is 23.2 Å². The summed E-state index contributed by atoms with van der Waals surface area (Å²) in [4.78, 5) is 1.30. The van der Waals surface area contributed by atoms with Gasteiger partial charge in [-0.3, -0.25) is 0 Å². The molecule has 0 bridgehead atoms. The Hall–Kier alpha value is -0.0600. The molecular weight excluding hydrogens is 353 g/mol. The van der Waals surface area contributed by atoms with E-state index in [0.29, 0.717) is 5.02 Å². The van der Waals surface area contributed by atoms with Gasteiger partial charge >= 0.3 is 0 Å². The number of benzene rings is 1. The molecule has 0 fully saturated rings. The number of hydrogen-bond acceptors (Lipinski definition) is 2. The van der Waals surface area contributed by atoms with Crippen molar-refractivity contribution in [3.8, 4) is 0 Å². The second-order valence-corrected chi connectivity index (χ2v) is 6.70. The van der Waals surface area contributed by atoms with Gasteiger partial charge in [0.25, 0.3) is 0 Å². The molecule has 1 nitrogen and oxygen atoms in total. The van der Waals surface area contributed by atoms with Crippen LogP contribution in [0.1, 0.15) is 16.5 Å². The first-order valence-electron chi connectivity index (χ1n) is 5.45. The molecule has 0 saturated carbocycles. The molecule has 0 radical (unpaired) electrons. The first-order chi connectivity index (χ1) is 8.60. The van der Waals surface area contributed by atoms with E-state index in [9.17, 15) is 0 Å². The third-order valence-corrected chi connectivity index (χ3v) is 5.01. The molecule has 0 spiro atoms. The van der Waals surface area contributed by atoms with Gasteiger partial charge in [0, 0.05) is 37.2 Å². The van der Waals surface area contributed by atoms with Gasteiger partial charge in [0.15, 0.2) is 0 Å². The summed E-state index contributed by atoms with van der Waals surface area (Å²) >= 11 is 17.5. The van der Waals surface area contributed by atoms with E-state index in [1.807, 2.05) is 25.2 Å². The monoisotopic (exact) mass is 363 g/mol. The molecule has 2 aromatic rings. The minimum Gasteiger partial charge on any atom is -0.313 e. The third-order valence-electron chi connectivity index (χ3n) is 2.71. The third kappa shape index (κ3) is 3.49. The number of halogens is 3. The molecule has 0 saturated heterocycles. The predicted octanol–water partition coefficient (Wildman–Crippen LogP) is 5.32. The smallest absolute Gasteiger partial charge is 0.0454 e. The summed E-state index contributed by atoms with van der Waals surface area (Å²) in [5.41, 5.74) is 1.04. The second-order valence-electron chi connectivity index (χ2n) is 3.94. The Morgan fingerprint density at radius 3 is 2.72 bits per heavy atom. The number of rotatable bonds is 4. The molecule has 2 rings (SSSR count). The highest BCUT2D eigenvalue weighted by Gasteiger charge is 2.15. The van der Waals surface area contributed by atoms with Crippen LogP contribution in [0.4, 0.5) is 0 Å². The highest BCUT2D eigenvalue weighted by Crippen LogP contribution is 2.30. The second kappa shape index (κ2) is 6.40. The minimum absolute atomic E-state index is 0.168. The molecular formula is C13H12BrCl2NS. The molecule has 18 heavy (non-hydrogen) atoms. The Morgan fingerprint density at radius 2 is 2.11 bits per heavy atom. The van der Waals surface area contributed by atoms with Crippen LogP contribution in [0.15, 0.2) is 34.1 Å². The van der Waals surface area contributed by atoms with Crippen LogP contribution in [-0.4, -0.2) is 7.05 Å². The lowest BCUT2D eigenvalue weighted by molar-refractivity contribution is 0.597. The predicted molar refractivity (Wildman–Crippen MR) is 84.0 cm³/mol. The van der Waals surface area contributed by atoms with E-state index >= 15 is 0 Å². The van der Waals surface area contributed by atoms with E-state index in [2.05, 4.69) is 32.7 Å². The molecule has 1 unspecified atom stereocenters. The summed E-state index contributed by atoms with van der Waals surface area (Å²) in [5, 5.41) is 6.83. The molecule has 5 heteroatoms. The Balaban J connectivity index is 2.25. The topological polar surface area (TPSA) is 12.0 Å². The Bertz CT molecular complexity index is 542. The standard InChI is InChI=1S/C13H12BrCl2NS/c1-17-13(6-10-4-8(14)7-18-10)11-5-9(15)2-3-12(11)16/h2-5,7,13,17H,6H2,1H3. The maximum absolute atomic E-state index is 6.24. The lowest BCUT2D eigenvalue weighted by atomic mass is 10.0. The van der Waals surface area contributed by atoms with Crippen LogP contribution < -0.4 is 5.32 Å². The van der Waals surface area contributed by atoms with Crippen LogP contribution in [0, 0.1) is 0 Å². The fourth-order valence-electron chi connectivity index (χ4n) is 1.81. The molecule has 0 aliphatic carbocycles. The van der Waals surface area contributed by atoms with Gasteiger partial charge in [0.05, 0.1) is 0 Å². The van der Waals surface area contributed by atoms with E-state index in [0.717, 1.165) is 21.5 Å². The number of thiophene rings is 1. The molecule has 1 aromatic heterocycles. The van der Waals surface area contributed by atoms with E-state index in [-0.39, 0.29) is 6.04 Å². The maximum atomic E-state index is 6.24. The van der Waals surface area contributed by atoms with Gasteiger partial charge in [0.1, 0.15) is 0 Å². The van der Waals surface area contributed by atoms with Crippen molar-refractivity contribution < 1.29 is 0 Å². The van der Waals surface area contributed by atoms with Gasteiger partial charge in [-0.25, -0.2) is 0 Å². The number of hydrogen-bond donors (Lipinski definition) is 1. The van der Waals surface area contributed by atoms with Crippen LogP contribution in [0.3, 0.4) is 0 Å². The van der Waals surface area contributed by atoms with Gasteiger partial charge in [-0.2, -0.15) is 0 Å². The van der Waals surface area contributed by atoms with Gasteiger partial charge in [0.2, 0.25) is 0 Å². The fourth-order valence-corrected chi connectivity index (χ4v) is 3.74. The normalized spacial score (nSPS) is 12.7. The zero-order chi connectivity index (χ0) is 13.1. The van der Waals surface area contributed by atoms with Crippen molar-refractivity contribution in [3.05, 3.63) is 54.6 Å². The van der Waals surface area contributed by atoms with Crippen LogP contribution in [0.2, 0.25) is 10.0 Å². The van der Waals surface area contributed by atoms with Crippen molar-refractivity contribution in [2.45, 2.75) is 12.5 Å².